The molecule has 30 heavy (non-hydrogen) atoms. The van der Waals surface area contributed by atoms with E-state index in [1.807, 2.05) is 4.90 Å². The van der Waals surface area contributed by atoms with Gasteiger partial charge in [0.05, 0.1) is 6.61 Å². The van der Waals surface area contributed by atoms with Crippen LogP contribution < -0.4 is 16.0 Å². The first kappa shape index (κ1) is 22.2. The molecule has 3 amide bonds. The van der Waals surface area contributed by atoms with E-state index < -0.39 is 17.9 Å². The van der Waals surface area contributed by atoms with Crippen molar-refractivity contribution in [3.63, 3.8) is 0 Å². The predicted molar refractivity (Wildman–Crippen MR) is 115 cm³/mol. The second-order valence-corrected chi connectivity index (χ2v) is 9.37. The molecule has 0 aromatic heterocycles. The van der Waals surface area contributed by atoms with Crippen molar-refractivity contribution >= 4 is 29.1 Å². The first-order chi connectivity index (χ1) is 14.1. The van der Waals surface area contributed by atoms with Gasteiger partial charge >= 0.3 is 0 Å². The largest absolute Gasteiger partial charge is 0.370 e. The van der Waals surface area contributed by atoms with Gasteiger partial charge in [-0.05, 0) is 48.4 Å². The molecular formula is C22H32N4O4. The smallest absolute Gasteiger partial charge is 0.253 e. The first-order valence-corrected chi connectivity index (χ1v) is 10.5. The number of anilines is 2. The molecule has 1 saturated carbocycles. The van der Waals surface area contributed by atoms with Gasteiger partial charge in [0.2, 0.25) is 5.91 Å². The van der Waals surface area contributed by atoms with Gasteiger partial charge in [0.1, 0.15) is 6.61 Å². The zero-order valence-electron chi connectivity index (χ0n) is 18.0. The number of ether oxygens (including phenoxy) is 1. The van der Waals surface area contributed by atoms with Crippen LogP contribution in [-0.2, 0) is 19.1 Å². The van der Waals surface area contributed by atoms with E-state index in [-0.39, 0.29) is 17.9 Å². The highest BCUT2D eigenvalue weighted by Crippen LogP contribution is 2.32. The molecule has 1 aromatic rings. The van der Waals surface area contributed by atoms with Crippen molar-refractivity contribution in [2.24, 2.45) is 17.1 Å². The second kappa shape index (κ2) is 9.14. The summed E-state index contributed by atoms with van der Waals surface area (Å²) in [7, 11) is 0. The molecule has 1 aliphatic heterocycles. The number of carbonyl (C=O) groups excluding carboxylic acids is 3. The molecule has 2 aliphatic rings. The fourth-order valence-electron chi connectivity index (χ4n) is 3.70. The van der Waals surface area contributed by atoms with E-state index in [2.05, 4.69) is 26.1 Å². The van der Waals surface area contributed by atoms with Crippen LogP contribution >= 0.6 is 0 Å². The maximum absolute atomic E-state index is 13.0. The minimum absolute atomic E-state index is 0.0728. The molecule has 3 rings (SSSR count). The molecule has 1 heterocycles. The Labute approximate surface area is 177 Å². The van der Waals surface area contributed by atoms with Crippen LogP contribution in [0.2, 0.25) is 0 Å². The molecular weight excluding hydrogens is 384 g/mol. The average Bonchev–Trinajstić information content (AvgIpc) is 3.45. The Morgan fingerprint density at radius 2 is 1.93 bits per heavy atom. The zero-order valence-corrected chi connectivity index (χ0v) is 18.0. The van der Waals surface area contributed by atoms with E-state index in [1.54, 1.807) is 29.2 Å². The van der Waals surface area contributed by atoms with Crippen molar-refractivity contribution in [3.8, 4) is 0 Å². The molecule has 0 spiro atoms. The van der Waals surface area contributed by atoms with E-state index in [0.717, 1.165) is 18.5 Å². The van der Waals surface area contributed by atoms with Crippen LogP contribution in [0.15, 0.2) is 24.3 Å². The number of hydrogen-bond donors (Lipinski definition) is 2. The molecule has 1 saturated heterocycles. The topological polar surface area (TPSA) is 105 Å². The quantitative estimate of drug-likeness (QED) is 0.627. The van der Waals surface area contributed by atoms with Crippen molar-refractivity contribution in [2.75, 3.05) is 43.1 Å². The third-order valence-electron chi connectivity index (χ3n) is 5.18. The van der Waals surface area contributed by atoms with Gasteiger partial charge in [-0.2, -0.15) is 0 Å². The monoisotopic (exact) mass is 416 g/mol. The van der Waals surface area contributed by atoms with Gasteiger partial charge < -0.3 is 20.7 Å². The highest BCUT2D eigenvalue weighted by molar-refractivity contribution is 6.09. The van der Waals surface area contributed by atoms with E-state index in [0.29, 0.717) is 37.8 Å². The van der Waals surface area contributed by atoms with Crippen molar-refractivity contribution in [2.45, 2.75) is 39.7 Å². The summed E-state index contributed by atoms with van der Waals surface area (Å²) in [5.74, 6) is -0.646. The Hall–Kier alpha value is -2.45. The molecule has 1 atom stereocenters. The van der Waals surface area contributed by atoms with E-state index in [4.69, 9.17) is 10.5 Å². The molecule has 1 aliphatic carbocycles. The molecule has 164 valence electrons. The number of amides is 3. The number of nitrogens with two attached hydrogens (primary N) is 1. The van der Waals surface area contributed by atoms with Gasteiger partial charge in [-0.15, -0.1) is 0 Å². The third kappa shape index (κ3) is 6.03. The normalized spacial score (nSPS) is 18.4. The van der Waals surface area contributed by atoms with Crippen molar-refractivity contribution < 1.29 is 19.1 Å². The number of benzene rings is 1. The summed E-state index contributed by atoms with van der Waals surface area (Å²) in [4.78, 5) is 40.8. The van der Waals surface area contributed by atoms with Crippen LogP contribution in [0.1, 0.15) is 33.6 Å². The molecule has 0 radical (unpaired) electrons. The van der Waals surface area contributed by atoms with Crippen LogP contribution in [0, 0.1) is 11.3 Å². The van der Waals surface area contributed by atoms with Gasteiger partial charge in [0.15, 0.2) is 6.04 Å². The summed E-state index contributed by atoms with van der Waals surface area (Å²) in [6.07, 6.45) is 2.24. The van der Waals surface area contributed by atoms with E-state index in [1.165, 1.54) is 0 Å². The van der Waals surface area contributed by atoms with Crippen LogP contribution in [0.3, 0.4) is 0 Å². The average molecular weight is 417 g/mol. The lowest BCUT2D eigenvalue weighted by atomic mass is 9.94. The van der Waals surface area contributed by atoms with E-state index >= 15 is 0 Å². The minimum atomic E-state index is -1.02. The Kier molecular flexibility index (Phi) is 6.77. The highest BCUT2D eigenvalue weighted by Gasteiger charge is 2.37. The van der Waals surface area contributed by atoms with E-state index in [9.17, 15) is 14.4 Å². The summed E-state index contributed by atoms with van der Waals surface area (Å²) in [6, 6.07) is 5.97. The second-order valence-electron chi connectivity index (χ2n) is 9.37. The maximum Gasteiger partial charge on any atom is 0.253 e. The Bertz CT molecular complexity index is 783. The number of carbonyl (C=O) groups is 3. The Balaban J connectivity index is 1.70. The Morgan fingerprint density at radius 1 is 1.27 bits per heavy atom. The summed E-state index contributed by atoms with van der Waals surface area (Å²) < 4.78 is 5.15. The molecule has 2 fully saturated rings. The molecule has 0 bridgehead atoms. The third-order valence-corrected chi connectivity index (χ3v) is 5.18. The van der Waals surface area contributed by atoms with Crippen LogP contribution in [-0.4, -0.2) is 61.5 Å². The number of hydrogen-bond acceptors (Lipinski definition) is 5. The van der Waals surface area contributed by atoms with Gasteiger partial charge in [-0.1, -0.05) is 20.8 Å². The summed E-state index contributed by atoms with van der Waals surface area (Å²) in [6.45, 7) is 8.59. The highest BCUT2D eigenvalue weighted by atomic mass is 16.5. The van der Waals surface area contributed by atoms with Gasteiger partial charge in [0.25, 0.3) is 11.8 Å². The number of primary amides is 1. The standard InChI is InChI=1S/C22H32N4O4/c1-22(2,3)14-25(12-15-4-5-15)19(20(23)28)21(29)24-16-6-8-17(9-7-16)26-10-11-30-13-18(26)27/h6-9,15,19H,4-5,10-14H2,1-3H3,(H2,23,28)(H,24,29)/t19-/m0/s1. The molecule has 8 heteroatoms. The van der Waals surface area contributed by atoms with Crippen LogP contribution in [0.4, 0.5) is 11.4 Å². The van der Waals surface area contributed by atoms with Crippen molar-refractivity contribution in [1.29, 1.82) is 0 Å². The lowest BCUT2D eigenvalue weighted by molar-refractivity contribution is -0.133. The summed E-state index contributed by atoms with van der Waals surface area (Å²) in [5.41, 5.74) is 6.87. The fraction of sp³-hybridized carbons (Fsp3) is 0.591. The van der Waals surface area contributed by atoms with Gasteiger partial charge in [-0.25, -0.2) is 0 Å². The number of nitrogens with one attached hydrogen (secondary N) is 1. The fourth-order valence-corrected chi connectivity index (χ4v) is 3.70. The molecule has 0 unspecified atom stereocenters. The molecule has 1 aromatic carbocycles. The van der Waals surface area contributed by atoms with Crippen LogP contribution in [0.25, 0.3) is 0 Å². The summed E-state index contributed by atoms with van der Waals surface area (Å²) >= 11 is 0. The molecule has 3 N–H and O–H groups in total. The summed E-state index contributed by atoms with van der Waals surface area (Å²) in [5, 5.41) is 2.82. The minimum Gasteiger partial charge on any atom is -0.370 e. The lowest BCUT2D eigenvalue weighted by Crippen LogP contribution is -2.54. The number of nitrogens with zero attached hydrogens (tertiary/aromatic N) is 2. The zero-order chi connectivity index (χ0) is 21.9. The number of rotatable bonds is 8. The number of morpholine rings is 1. The van der Waals surface area contributed by atoms with Crippen LogP contribution in [0.5, 0.6) is 0 Å². The Morgan fingerprint density at radius 3 is 2.47 bits per heavy atom. The van der Waals surface area contributed by atoms with Crippen molar-refractivity contribution in [1.82, 2.24) is 4.90 Å². The predicted octanol–water partition coefficient (Wildman–Crippen LogP) is 1.60. The first-order valence-electron chi connectivity index (χ1n) is 10.5. The molecule has 8 nitrogen and oxygen atoms in total. The lowest BCUT2D eigenvalue weighted by Gasteiger charge is -2.34. The SMILES string of the molecule is CC(C)(C)CN(CC1CC1)[C@@H](C(N)=O)C(=O)Nc1ccc(N2CCOCC2=O)cc1. The van der Waals surface area contributed by atoms with Gasteiger partial charge in [-0.3, -0.25) is 19.3 Å². The van der Waals surface area contributed by atoms with Gasteiger partial charge in [0, 0.05) is 31.0 Å². The maximum atomic E-state index is 13.0. The van der Waals surface area contributed by atoms with Crippen molar-refractivity contribution in [3.05, 3.63) is 24.3 Å².